The lowest BCUT2D eigenvalue weighted by Crippen LogP contribution is -2.43. The molecule has 154 valence electrons. The molecule has 0 unspecified atom stereocenters. The van der Waals surface area contributed by atoms with Gasteiger partial charge in [0.25, 0.3) is 0 Å². The monoisotopic (exact) mass is 421 g/mol. The maximum Gasteiger partial charge on any atom is 0.151 e. The predicted octanol–water partition coefficient (Wildman–Crippen LogP) is 4.15. The zero-order valence-corrected chi connectivity index (χ0v) is 17.5. The molecular weight excluding hydrogens is 398 g/mol. The van der Waals surface area contributed by atoms with Gasteiger partial charge in [0.2, 0.25) is 0 Å². The molecule has 30 heavy (non-hydrogen) atoms. The summed E-state index contributed by atoms with van der Waals surface area (Å²) >= 11 is 1.60. The van der Waals surface area contributed by atoms with E-state index >= 15 is 0 Å². The predicted molar refractivity (Wildman–Crippen MR) is 119 cm³/mol. The largest absolute Gasteiger partial charge is 0.508 e. The van der Waals surface area contributed by atoms with Gasteiger partial charge in [0.15, 0.2) is 5.82 Å². The average Bonchev–Trinajstić information content (AvgIpc) is 3.37. The van der Waals surface area contributed by atoms with Crippen molar-refractivity contribution in [3.63, 3.8) is 0 Å². The van der Waals surface area contributed by atoms with Crippen molar-refractivity contribution in [3.05, 3.63) is 54.6 Å². The fourth-order valence-corrected chi connectivity index (χ4v) is 4.62. The summed E-state index contributed by atoms with van der Waals surface area (Å²) in [5.74, 6) is 2.76. The van der Waals surface area contributed by atoms with Crippen molar-refractivity contribution in [2.45, 2.75) is 6.54 Å². The Morgan fingerprint density at radius 2 is 1.97 bits per heavy atom. The molecule has 0 amide bonds. The van der Waals surface area contributed by atoms with Crippen molar-refractivity contribution in [2.24, 2.45) is 0 Å². The van der Waals surface area contributed by atoms with Gasteiger partial charge in [-0.15, -0.1) is 11.3 Å². The molecule has 4 aromatic rings. The summed E-state index contributed by atoms with van der Waals surface area (Å²) in [6, 6.07) is 13.1. The highest BCUT2D eigenvalue weighted by Crippen LogP contribution is 2.37. The van der Waals surface area contributed by atoms with E-state index in [2.05, 4.69) is 38.2 Å². The lowest BCUT2D eigenvalue weighted by atomic mass is 10.3. The second-order valence-corrected chi connectivity index (χ2v) is 8.62. The third kappa shape index (κ3) is 4.02. The van der Waals surface area contributed by atoms with E-state index in [0.29, 0.717) is 5.82 Å². The number of hydrogen-bond donors (Lipinski definition) is 2. The lowest BCUT2D eigenvalue weighted by molar-refractivity contribution is 0.140. The summed E-state index contributed by atoms with van der Waals surface area (Å²) < 4.78 is 7.11. The van der Waals surface area contributed by atoms with Gasteiger partial charge in [0.1, 0.15) is 23.6 Å². The molecule has 2 N–H and O–H groups in total. The standard InChI is InChI=1S/C22H23N5O2S/c1-26-7-9-27(10-8-26)13-17-5-6-19(29-17)20-12-18-21(30-20)22(24-14-23-18)25-15-3-2-4-16(28)11-15/h2-6,11-12,14,28H,7-10,13H2,1H3,(H,23,24,25). The number of phenols is 1. The minimum Gasteiger partial charge on any atom is -0.508 e. The number of piperazine rings is 1. The van der Waals surface area contributed by atoms with E-state index in [9.17, 15) is 5.11 Å². The number of thiophene rings is 1. The molecule has 0 spiro atoms. The summed E-state index contributed by atoms with van der Waals surface area (Å²) in [6.45, 7) is 5.15. The molecule has 4 heterocycles. The van der Waals surface area contributed by atoms with Crippen LogP contribution in [0.15, 0.2) is 53.2 Å². The van der Waals surface area contributed by atoms with Gasteiger partial charge in [-0.05, 0) is 37.4 Å². The summed E-state index contributed by atoms with van der Waals surface area (Å²) in [5, 5.41) is 13.0. The first-order valence-electron chi connectivity index (χ1n) is 9.95. The van der Waals surface area contributed by atoms with E-state index in [1.54, 1.807) is 35.9 Å². The number of furan rings is 1. The van der Waals surface area contributed by atoms with E-state index < -0.39 is 0 Å². The Bertz CT molecular complexity index is 1160. The molecule has 1 aliphatic rings. The van der Waals surface area contributed by atoms with E-state index in [1.807, 2.05) is 18.2 Å². The van der Waals surface area contributed by atoms with Gasteiger partial charge in [0.05, 0.1) is 21.6 Å². The van der Waals surface area contributed by atoms with E-state index in [0.717, 1.165) is 65.0 Å². The molecule has 5 rings (SSSR count). The van der Waals surface area contributed by atoms with Crippen molar-refractivity contribution < 1.29 is 9.52 Å². The van der Waals surface area contributed by atoms with Crippen molar-refractivity contribution in [1.29, 1.82) is 0 Å². The number of hydrogen-bond acceptors (Lipinski definition) is 8. The van der Waals surface area contributed by atoms with Gasteiger partial charge in [0, 0.05) is 37.9 Å². The van der Waals surface area contributed by atoms with Crippen molar-refractivity contribution >= 4 is 33.1 Å². The van der Waals surface area contributed by atoms with Gasteiger partial charge in [-0.1, -0.05) is 6.07 Å². The molecule has 8 heteroatoms. The number of benzene rings is 1. The molecule has 3 aromatic heterocycles. The van der Waals surface area contributed by atoms with Crippen LogP contribution in [0.1, 0.15) is 5.76 Å². The summed E-state index contributed by atoms with van der Waals surface area (Å²) in [6.07, 6.45) is 1.55. The SMILES string of the molecule is CN1CCN(Cc2ccc(-c3cc4ncnc(Nc5cccc(O)c5)c4s3)o2)CC1. The van der Waals surface area contributed by atoms with Crippen LogP contribution in [0.4, 0.5) is 11.5 Å². The van der Waals surface area contributed by atoms with Crippen LogP contribution in [0.2, 0.25) is 0 Å². The maximum atomic E-state index is 9.70. The molecule has 1 fully saturated rings. The van der Waals surface area contributed by atoms with Crippen LogP contribution in [0.3, 0.4) is 0 Å². The molecule has 0 atom stereocenters. The highest BCUT2D eigenvalue weighted by molar-refractivity contribution is 7.22. The summed E-state index contributed by atoms with van der Waals surface area (Å²) in [7, 11) is 2.16. The minimum absolute atomic E-state index is 0.209. The minimum atomic E-state index is 0.209. The Morgan fingerprint density at radius 1 is 1.10 bits per heavy atom. The van der Waals surface area contributed by atoms with Gasteiger partial charge in [-0.2, -0.15) is 0 Å². The van der Waals surface area contributed by atoms with Crippen molar-refractivity contribution in [1.82, 2.24) is 19.8 Å². The van der Waals surface area contributed by atoms with Crippen LogP contribution in [0.5, 0.6) is 5.75 Å². The summed E-state index contributed by atoms with van der Waals surface area (Å²) in [4.78, 5) is 14.6. The number of aromatic hydroxyl groups is 1. The fourth-order valence-electron chi connectivity index (χ4n) is 3.61. The molecule has 0 bridgehead atoms. The van der Waals surface area contributed by atoms with Gasteiger partial charge in [-0.3, -0.25) is 4.90 Å². The lowest BCUT2D eigenvalue weighted by Gasteiger charge is -2.31. The quantitative estimate of drug-likeness (QED) is 0.501. The highest BCUT2D eigenvalue weighted by Gasteiger charge is 2.17. The van der Waals surface area contributed by atoms with Crippen LogP contribution in [0.25, 0.3) is 20.9 Å². The molecule has 0 radical (unpaired) electrons. The fraction of sp³-hybridized carbons (Fsp3) is 0.273. The number of likely N-dealkylation sites (N-methyl/N-ethyl adjacent to an activating group) is 1. The van der Waals surface area contributed by atoms with E-state index in [1.165, 1.54) is 0 Å². The van der Waals surface area contributed by atoms with Crippen LogP contribution in [-0.2, 0) is 6.54 Å². The number of nitrogens with zero attached hydrogens (tertiary/aromatic N) is 4. The molecular formula is C22H23N5O2S. The number of anilines is 2. The second-order valence-electron chi connectivity index (χ2n) is 7.57. The molecule has 1 saturated heterocycles. The van der Waals surface area contributed by atoms with Crippen LogP contribution in [0, 0.1) is 0 Å². The number of rotatable bonds is 5. The first-order valence-corrected chi connectivity index (χ1v) is 10.8. The first kappa shape index (κ1) is 19.0. The zero-order valence-electron chi connectivity index (χ0n) is 16.7. The summed E-state index contributed by atoms with van der Waals surface area (Å²) in [5.41, 5.74) is 1.64. The van der Waals surface area contributed by atoms with Crippen molar-refractivity contribution in [2.75, 3.05) is 38.5 Å². The van der Waals surface area contributed by atoms with Crippen LogP contribution >= 0.6 is 11.3 Å². The molecule has 1 aliphatic heterocycles. The Labute approximate surface area is 178 Å². The Hall–Kier alpha value is -2.94. The first-order chi connectivity index (χ1) is 14.6. The third-order valence-electron chi connectivity index (χ3n) is 5.30. The van der Waals surface area contributed by atoms with E-state index in [4.69, 9.17) is 4.42 Å². The smallest absolute Gasteiger partial charge is 0.151 e. The van der Waals surface area contributed by atoms with Gasteiger partial charge >= 0.3 is 0 Å². The van der Waals surface area contributed by atoms with Gasteiger partial charge in [-0.25, -0.2) is 9.97 Å². The Kier molecular flexibility index (Phi) is 5.12. The maximum absolute atomic E-state index is 9.70. The second kappa shape index (κ2) is 8.06. The van der Waals surface area contributed by atoms with Gasteiger partial charge < -0.3 is 19.7 Å². The average molecular weight is 422 g/mol. The Morgan fingerprint density at radius 3 is 2.80 bits per heavy atom. The zero-order chi connectivity index (χ0) is 20.5. The molecule has 0 aliphatic carbocycles. The van der Waals surface area contributed by atoms with Crippen LogP contribution < -0.4 is 5.32 Å². The molecule has 7 nitrogen and oxygen atoms in total. The number of phenolic OH excluding ortho intramolecular Hbond substituents is 1. The molecule has 1 aromatic carbocycles. The van der Waals surface area contributed by atoms with E-state index in [-0.39, 0.29) is 5.75 Å². The number of nitrogens with one attached hydrogen (secondary N) is 1. The number of fused-ring (bicyclic) bond motifs is 1. The third-order valence-corrected chi connectivity index (χ3v) is 6.45. The number of aromatic nitrogens is 2. The highest BCUT2D eigenvalue weighted by atomic mass is 32.1. The topological polar surface area (TPSA) is 77.7 Å². The van der Waals surface area contributed by atoms with Crippen molar-refractivity contribution in [3.8, 4) is 16.4 Å². The Balaban J connectivity index is 1.37. The van der Waals surface area contributed by atoms with Crippen LogP contribution in [-0.4, -0.2) is 58.1 Å². The normalized spacial score (nSPS) is 15.6. The molecule has 0 saturated carbocycles.